The first-order valence-corrected chi connectivity index (χ1v) is 9.69. The molecular formula is C24H20ClFN4O. The Balaban J connectivity index is 1.98. The zero-order valence-corrected chi connectivity index (χ0v) is 17.8. The molecule has 0 aliphatic heterocycles. The highest BCUT2D eigenvalue weighted by atomic mass is 35.5. The van der Waals surface area contributed by atoms with Gasteiger partial charge in [0, 0.05) is 47.6 Å². The summed E-state index contributed by atoms with van der Waals surface area (Å²) in [5, 5.41) is 8.67. The molecule has 7 heteroatoms. The number of hydrogen-bond acceptors (Lipinski definition) is 5. The molecule has 0 radical (unpaired) electrons. The van der Waals surface area contributed by atoms with Gasteiger partial charge in [0.15, 0.2) is 6.29 Å². The van der Waals surface area contributed by atoms with E-state index in [1.54, 1.807) is 36.5 Å². The van der Waals surface area contributed by atoms with Crippen LogP contribution < -0.4 is 0 Å². The number of hydrogen-bond donors (Lipinski definition) is 1. The van der Waals surface area contributed by atoms with Gasteiger partial charge in [-0.25, -0.2) is 9.37 Å². The number of fused-ring (bicyclic) bond motifs is 1. The van der Waals surface area contributed by atoms with E-state index in [1.165, 1.54) is 18.2 Å². The third-order valence-corrected chi connectivity index (χ3v) is 4.70. The summed E-state index contributed by atoms with van der Waals surface area (Å²) < 4.78 is 14.2. The summed E-state index contributed by atoms with van der Waals surface area (Å²) in [5.41, 5.74) is 2.79. The number of aldehydes is 1. The second-order valence-corrected chi connectivity index (χ2v) is 7.42. The molecule has 0 saturated carbocycles. The average molecular weight is 435 g/mol. The van der Waals surface area contributed by atoms with Gasteiger partial charge in [0.05, 0.1) is 22.4 Å². The van der Waals surface area contributed by atoms with Gasteiger partial charge in [-0.2, -0.15) is 0 Å². The number of nitrogens with one attached hydrogen (secondary N) is 1. The van der Waals surface area contributed by atoms with Crippen molar-refractivity contribution in [2.45, 2.75) is 0 Å². The van der Waals surface area contributed by atoms with Crippen LogP contribution in [0.25, 0.3) is 22.2 Å². The van der Waals surface area contributed by atoms with E-state index in [2.05, 4.69) is 16.5 Å². The predicted octanol–water partition coefficient (Wildman–Crippen LogP) is 5.16. The van der Waals surface area contributed by atoms with Crippen molar-refractivity contribution in [1.82, 2.24) is 14.9 Å². The first-order chi connectivity index (χ1) is 14.8. The van der Waals surface area contributed by atoms with Crippen LogP contribution in [0.4, 0.5) is 4.39 Å². The lowest BCUT2D eigenvalue weighted by Crippen LogP contribution is -2.06. The number of halogens is 2. The van der Waals surface area contributed by atoms with Gasteiger partial charge in [0.25, 0.3) is 0 Å². The van der Waals surface area contributed by atoms with Crippen molar-refractivity contribution in [3.8, 4) is 0 Å². The van der Waals surface area contributed by atoms with E-state index in [0.29, 0.717) is 32.9 Å². The van der Waals surface area contributed by atoms with Gasteiger partial charge in [0.2, 0.25) is 0 Å². The summed E-state index contributed by atoms with van der Waals surface area (Å²) in [5.74, 6) is -0.563. The number of benzene rings is 1. The number of rotatable bonds is 7. The molecule has 0 bridgehead atoms. The van der Waals surface area contributed by atoms with Crippen LogP contribution in [-0.4, -0.2) is 41.0 Å². The number of nitrogens with zero attached hydrogens (tertiary/aromatic N) is 3. The maximum Gasteiger partial charge on any atom is 0.150 e. The molecule has 1 aromatic carbocycles. The average Bonchev–Trinajstić information content (AvgIpc) is 2.76. The Bertz CT molecular complexity index is 1250. The molecule has 2 aromatic heterocycles. The number of pyridine rings is 2. The molecule has 0 spiro atoms. The minimum Gasteiger partial charge on any atom is -0.383 e. The smallest absolute Gasteiger partial charge is 0.150 e. The van der Waals surface area contributed by atoms with Gasteiger partial charge < -0.3 is 4.90 Å². The molecule has 0 aliphatic carbocycles. The Morgan fingerprint density at radius 3 is 2.68 bits per heavy atom. The molecule has 3 aromatic rings. The minimum absolute atomic E-state index is 0.0464. The standard InChI is InChI=1S/C24H20ClFN4O/c1-15(24(27)19-12-18(25)6-7-20(19)26)21-8-9-22-23(29-21)11-17(13-28-22)16(14-31)5-4-10-30(2)3/h4-14,27H,1H2,2-3H3/b10-4-,16-5+,27-24?. The molecular weight excluding hydrogens is 415 g/mol. The van der Waals surface area contributed by atoms with E-state index in [4.69, 9.17) is 17.0 Å². The van der Waals surface area contributed by atoms with Gasteiger partial charge in [-0.3, -0.25) is 15.2 Å². The summed E-state index contributed by atoms with van der Waals surface area (Å²) in [6.45, 7) is 3.91. The molecule has 31 heavy (non-hydrogen) atoms. The number of aromatic nitrogens is 2. The molecule has 3 rings (SSSR count). The molecule has 0 atom stereocenters. The van der Waals surface area contributed by atoms with Gasteiger partial charge in [-0.15, -0.1) is 0 Å². The van der Waals surface area contributed by atoms with Crippen LogP contribution in [-0.2, 0) is 4.79 Å². The molecule has 156 valence electrons. The van der Waals surface area contributed by atoms with Crippen molar-refractivity contribution < 1.29 is 9.18 Å². The summed E-state index contributed by atoms with van der Waals surface area (Å²) in [6.07, 6.45) is 7.63. The van der Waals surface area contributed by atoms with Crippen molar-refractivity contribution in [3.05, 3.63) is 95.2 Å². The highest BCUT2D eigenvalue weighted by Gasteiger charge is 2.15. The maximum absolute atomic E-state index is 14.2. The summed E-state index contributed by atoms with van der Waals surface area (Å²) in [7, 11) is 3.77. The summed E-state index contributed by atoms with van der Waals surface area (Å²) >= 11 is 5.95. The van der Waals surface area contributed by atoms with Gasteiger partial charge in [-0.1, -0.05) is 18.2 Å². The summed E-state index contributed by atoms with van der Waals surface area (Å²) in [4.78, 5) is 22.3. The highest BCUT2D eigenvalue weighted by Crippen LogP contribution is 2.24. The minimum atomic E-state index is -0.563. The molecule has 2 heterocycles. The highest BCUT2D eigenvalue weighted by molar-refractivity contribution is 6.33. The van der Waals surface area contributed by atoms with E-state index in [0.717, 1.165) is 6.29 Å². The van der Waals surface area contributed by atoms with E-state index in [-0.39, 0.29) is 16.8 Å². The number of allylic oxidation sites excluding steroid dienone is 4. The monoisotopic (exact) mass is 434 g/mol. The molecule has 0 amide bonds. The Hall–Kier alpha value is -3.64. The topological polar surface area (TPSA) is 69.9 Å². The van der Waals surface area contributed by atoms with Gasteiger partial charge in [0.1, 0.15) is 5.82 Å². The zero-order valence-electron chi connectivity index (χ0n) is 17.1. The largest absolute Gasteiger partial charge is 0.383 e. The van der Waals surface area contributed by atoms with Crippen molar-refractivity contribution in [2.24, 2.45) is 0 Å². The SMILES string of the molecule is C=C(C(=N)c1cc(Cl)ccc1F)c1ccc2ncc(/C(C=O)=C/C=C\N(C)C)cc2n1. The van der Waals surface area contributed by atoms with Crippen molar-refractivity contribution in [3.63, 3.8) is 0 Å². The maximum atomic E-state index is 14.2. The van der Waals surface area contributed by atoms with Crippen LogP contribution in [0.5, 0.6) is 0 Å². The fourth-order valence-corrected chi connectivity index (χ4v) is 3.01. The Labute approximate surface area is 184 Å². The van der Waals surface area contributed by atoms with Crippen LogP contribution in [0.3, 0.4) is 0 Å². The van der Waals surface area contributed by atoms with Crippen LogP contribution in [0.2, 0.25) is 5.02 Å². The normalized spacial score (nSPS) is 11.7. The lowest BCUT2D eigenvalue weighted by Gasteiger charge is -2.10. The zero-order chi connectivity index (χ0) is 22.5. The van der Waals surface area contributed by atoms with Gasteiger partial charge >= 0.3 is 0 Å². The second-order valence-electron chi connectivity index (χ2n) is 6.98. The predicted molar refractivity (Wildman–Crippen MR) is 124 cm³/mol. The lowest BCUT2D eigenvalue weighted by molar-refractivity contribution is -0.103. The number of carbonyl (C=O) groups excluding carboxylic acids is 1. The van der Waals surface area contributed by atoms with E-state index < -0.39 is 5.82 Å². The molecule has 0 saturated heterocycles. The Morgan fingerprint density at radius 2 is 1.97 bits per heavy atom. The van der Waals surface area contributed by atoms with Crippen LogP contribution >= 0.6 is 11.6 Å². The molecule has 1 N–H and O–H groups in total. The van der Waals surface area contributed by atoms with Gasteiger partial charge in [-0.05, 0) is 54.8 Å². The lowest BCUT2D eigenvalue weighted by atomic mass is 10.00. The van der Waals surface area contributed by atoms with Crippen molar-refractivity contribution in [1.29, 1.82) is 5.41 Å². The van der Waals surface area contributed by atoms with E-state index in [1.807, 2.05) is 25.2 Å². The number of carbonyl (C=O) groups is 1. The Kier molecular flexibility index (Phi) is 6.72. The molecule has 0 aliphatic rings. The quantitative estimate of drug-likeness (QED) is 0.241. The van der Waals surface area contributed by atoms with Crippen LogP contribution in [0.15, 0.2) is 67.5 Å². The van der Waals surface area contributed by atoms with E-state index >= 15 is 0 Å². The van der Waals surface area contributed by atoms with Crippen molar-refractivity contribution >= 4 is 45.8 Å². The third kappa shape index (κ3) is 5.10. The van der Waals surface area contributed by atoms with Crippen LogP contribution in [0.1, 0.15) is 16.8 Å². The van der Waals surface area contributed by atoms with E-state index in [9.17, 15) is 9.18 Å². The first kappa shape index (κ1) is 22.1. The third-order valence-electron chi connectivity index (χ3n) is 4.47. The summed E-state index contributed by atoms with van der Waals surface area (Å²) in [6, 6.07) is 9.17. The Morgan fingerprint density at radius 1 is 1.19 bits per heavy atom. The second kappa shape index (κ2) is 9.45. The fourth-order valence-electron chi connectivity index (χ4n) is 2.83. The molecule has 5 nitrogen and oxygen atoms in total. The van der Waals surface area contributed by atoms with Crippen molar-refractivity contribution in [2.75, 3.05) is 14.1 Å². The van der Waals surface area contributed by atoms with Crippen LogP contribution in [0, 0.1) is 11.2 Å². The first-order valence-electron chi connectivity index (χ1n) is 9.31. The molecule has 0 fully saturated rings. The molecule has 0 unspecified atom stereocenters. The fraction of sp³-hybridized carbons (Fsp3) is 0.0833.